The van der Waals surface area contributed by atoms with Gasteiger partial charge in [-0.2, -0.15) is 0 Å². The number of rotatable bonds is 3. The number of hydrogen-bond acceptors (Lipinski definition) is 5. The van der Waals surface area contributed by atoms with E-state index in [1.807, 2.05) is 6.07 Å². The Morgan fingerprint density at radius 1 is 1.16 bits per heavy atom. The van der Waals surface area contributed by atoms with Crippen LogP contribution in [0.2, 0.25) is 0 Å². The SMILES string of the molecule is CC1(C)Nc2ccccc2C(=O)N1NC(=O)c1ccc([N+](=O)[O-])cc1. The third-order valence-electron chi connectivity index (χ3n) is 3.91. The Morgan fingerprint density at radius 3 is 2.44 bits per heavy atom. The van der Waals surface area contributed by atoms with Crippen LogP contribution in [0.4, 0.5) is 11.4 Å². The van der Waals surface area contributed by atoms with E-state index >= 15 is 0 Å². The minimum absolute atomic E-state index is 0.110. The molecule has 1 heterocycles. The number of nitro groups is 1. The first-order valence-corrected chi connectivity index (χ1v) is 7.57. The number of nitrogens with zero attached hydrogens (tertiary/aromatic N) is 2. The van der Waals surface area contributed by atoms with Gasteiger partial charge in [0.1, 0.15) is 5.66 Å². The first kappa shape index (κ1) is 16.4. The maximum absolute atomic E-state index is 12.7. The van der Waals surface area contributed by atoms with Gasteiger partial charge in [-0.05, 0) is 38.1 Å². The summed E-state index contributed by atoms with van der Waals surface area (Å²) in [7, 11) is 0. The number of fused-ring (bicyclic) bond motifs is 1. The number of carbonyl (C=O) groups is 2. The standard InChI is InChI=1S/C17H16N4O4/c1-17(2)18-14-6-4-3-5-13(14)16(23)20(17)19-15(22)11-7-9-12(10-8-11)21(24)25/h3-10,18H,1-2H3,(H,19,22). The second-order valence-corrected chi connectivity index (χ2v) is 6.12. The highest BCUT2D eigenvalue weighted by Crippen LogP contribution is 2.29. The van der Waals surface area contributed by atoms with Crippen LogP contribution in [0.5, 0.6) is 0 Å². The van der Waals surface area contributed by atoms with Gasteiger partial charge in [0, 0.05) is 23.4 Å². The minimum Gasteiger partial charge on any atom is -0.361 e. The Balaban J connectivity index is 1.85. The Hall–Kier alpha value is -3.42. The second kappa shape index (κ2) is 5.90. The molecule has 1 aliphatic rings. The van der Waals surface area contributed by atoms with E-state index < -0.39 is 16.5 Å². The quantitative estimate of drug-likeness (QED) is 0.660. The third kappa shape index (κ3) is 3.01. The van der Waals surface area contributed by atoms with Crippen molar-refractivity contribution < 1.29 is 14.5 Å². The first-order valence-electron chi connectivity index (χ1n) is 7.57. The molecule has 2 aromatic carbocycles. The Morgan fingerprint density at radius 2 is 1.80 bits per heavy atom. The van der Waals surface area contributed by atoms with Gasteiger partial charge in [0.05, 0.1) is 10.5 Å². The molecule has 0 saturated carbocycles. The lowest BCUT2D eigenvalue weighted by atomic mass is 10.0. The van der Waals surface area contributed by atoms with Crippen molar-refractivity contribution in [1.82, 2.24) is 10.4 Å². The maximum atomic E-state index is 12.7. The summed E-state index contributed by atoms with van der Waals surface area (Å²) in [6.07, 6.45) is 0. The van der Waals surface area contributed by atoms with E-state index in [-0.39, 0.29) is 17.2 Å². The van der Waals surface area contributed by atoms with E-state index in [4.69, 9.17) is 0 Å². The zero-order valence-corrected chi connectivity index (χ0v) is 13.6. The number of nitro benzene ring substituents is 1. The van der Waals surface area contributed by atoms with Gasteiger partial charge in [-0.15, -0.1) is 0 Å². The van der Waals surface area contributed by atoms with Crippen molar-refractivity contribution in [3.8, 4) is 0 Å². The topological polar surface area (TPSA) is 105 Å². The number of hydrazine groups is 1. The molecule has 0 fully saturated rings. The average Bonchev–Trinajstić information content (AvgIpc) is 2.58. The zero-order chi connectivity index (χ0) is 18.2. The lowest BCUT2D eigenvalue weighted by molar-refractivity contribution is -0.384. The fourth-order valence-corrected chi connectivity index (χ4v) is 2.63. The summed E-state index contributed by atoms with van der Waals surface area (Å²) in [6, 6.07) is 12.2. The lowest BCUT2D eigenvalue weighted by Gasteiger charge is -2.43. The Labute approximate surface area is 143 Å². The first-order chi connectivity index (χ1) is 11.8. The van der Waals surface area contributed by atoms with Crippen molar-refractivity contribution in [3.63, 3.8) is 0 Å². The summed E-state index contributed by atoms with van der Waals surface area (Å²) in [5.41, 5.74) is 2.98. The smallest absolute Gasteiger partial charge is 0.276 e. The predicted molar refractivity (Wildman–Crippen MR) is 90.9 cm³/mol. The molecule has 1 aliphatic heterocycles. The summed E-state index contributed by atoms with van der Waals surface area (Å²) >= 11 is 0. The van der Waals surface area contributed by atoms with E-state index in [1.54, 1.807) is 32.0 Å². The number of carbonyl (C=O) groups excluding carboxylic acids is 2. The number of hydrogen-bond donors (Lipinski definition) is 2. The zero-order valence-electron chi connectivity index (χ0n) is 13.6. The number of anilines is 1. The summed E-state index contributed by atoms with van der Waals surface area (Å²) in [5.74, 6) is -0.868. The van der Waals surface area contributed by atoms with Crippen molar-refractivity contribution in [2.75, 3.05) is 5.32 Å². The van der Waals surface area contributed by atoms with Crippen molar-refractivity contribution in [2.24, 2.45) is 0 Å². The molecule has 0 atom stereocenters. The highest BCUT2D eigenvalue weighted by molar-refractivity contribution is 6.04. The normalized spacial score (nSPS) is 15.1. The van der Waals surface area contributed by atoms with Crippen molar-refractivity contribution in [1.29, 1.82) is 0 Å². The molecule has 2 N–H and O–H groups in total. The number of nitrogens with one attached hydrogen (secondary N) is 2. The molecule has 0 saturated heterocycles. The van der Waals surface area contributed by atoms with Crippen LogP contribution in [0, 0.1) is 10.1 Å². The predicted octanol–water partition coefficient (Wildman–Crippen LogP) is 2.54. The highest BCUT2D eigenvalue weighted by atomic mass is 16.6. The molecule has 25 heavy (non-hydrogen) atoms. The minimum atomic E-state index is -0.845. The van der Waals surface area contributed by atoms with Gasteiger partial charge >= 0.3 is 0 Å². The molecular weight excluding hydrogens is 324 g/mol. The van der Waals surface area contributed by atoms with E-state index in [0.717, 1.165) is 0 Å². The Bertz CT molecular complexity index is 861. The van der Waals surface area contributed by atoms with Crippen molar-refractivity contribution >= 4 is 23.2 Å². The van der Waals surface area contributed by atoms with Crippen LogP contribution >= 0.6 is 0 Å². The average molecular weight is 340 g/mol. The van der Waals surface area contributed by atoms with Crippen molar-refractivity contribution in [3.05, 3.63) is 69.8 Å². The summed E-state index contributed by atoms with van der Waals surface area (Å²) in [5, 5.41) is 15.1. The largest absolute Gasteiger partial charge is 0.361 e. The van der Waals surface area contributed by atoms with Crippen LogP contribution in [-0.2, 0) is 0 Å². The van der Waals surface area contributed by atoms with Gasteiger partial charge in [0.15, 0.2) is 0 Å². The maximum Gasteiger partial charge on any atom is 0.276 e. The molecule has 0 radical (unpaired) electrons. The molecule has 0 aromatic heterocycles. The molecule has 0 unspecified atom stereocenters. The second-order valence-electron chi connectivity index (χ2n) is 6.12. The van der Waals surface area contributed by atoms with Gasteiger partial charge in [0.2, 0.25) is 0 Å². The fourth-order valence-electron chi connectivity index (χ4n) is 2.63. The molecule has 128 valence electrons. The number of benzene rings is 2. The molecule has 2 aromatic rings. The van der Waals surface area contributed by atoms with Crippen LogP contribution < -0.4 is 10.7 Å². The van der Waals surface area contributed by atoms with Crippen molar-refractivity contribution in [2.45, 2.75) is 19.5 Å². The van der Waals surface area contributed by atoms with Gasteiger partial charge in [-0.25, -0.2) is 5.01 Å². The molecule has 2 amide bonds. The monoisotopic (exact) mass is 340 g/mol. The summed E-state index contributed by atoms with van der Waals surface area (Å²) in [4.78, 5) is 35.3. The molecule has 0 spiro atoms. The van der Waals surface area contributed by atoms with E-state index in [2.05, 4.69) is 10.7 Å². The van der Waals surface area contributed by atoms with Gasteiger partial charge in [0.25, 0.3) is 17.5 Å². The highest BCUT2D eigenvalue weighted by Gasteiger charge is 2.38. The summed E-state index contributed by atoms with van der Waals surface area (Å²) in [6.45, 7) is 3.52. The third-order valence-corrected chi connectivity index (χ3v) is 3.91. The molecule has 8 nitrogen and oxygen atoms in total. The molecule has 8 heteroatoms. The van der Waals surface area contributed by atoms with Crippen LogP contribution in [0.25, 0.3) is 0 Å². The Kier molecular flexibility index (Phi) is 3.88. The molecule has 0 bridgehead atoms. The van der Waals surface area contributed by atoms with Gasteiger partial charge < -0.3 is 5.32 Å². The van der Waals surface area contributed by atoms with Crippen LogP contribution in [0.1, 0.15) is 34.6 Å². The van der Waals surface area contributed by atoms with E-state index in [1.165, 1.54) is 29.3 Å². The van der Waals surface area contributed by atoms with Crippen LogP contribution in [0.3, 0.4) is 0 Å². The number of para-hydroxylation sites is 1. The molecule has 3 rings (SSSR count). The van der Waals surface area contributed by atoms with Crippen LogP contribution in [-0.4, -0.2) is 27.4 Å². The van der Waals surface area contributed by atoms with E-state index in [9.17, 15) is 19.7 Å². The van der Waals surface area contributed by atoms with Crippen LogP contribution in [0.15, 0.2) is 48.5 Å². The van der Waals surface area contributed by atoms with Gasteiger partial charge in [-0.3, -0.25) is 25.1 Å². The molecular formula is C17H16N4O4. The van der Waals surface area contributed by atoms with Gasteiger partial charge in [-0.1, -0.05) is 12.1 Å². The number of non-ortho nitro benzene ring substituents is 1. The summed E-state index contributed by atoms with van der Waals surface area (Å²) < 4.78 is 0. The van der Waals surface area contributed by atoms with E-state index in [0.29, 0.717) is 11.3 Å². The molecule has 0 aliphatic carbocycles. The lowest BCUT2D eigenvalue weighted by Crippen LogP contribution is -2.63. The fraction of sp³-hybridized carbons (Fsp3) is 0.176. The number of amides is 2.